The number of hydrogen-bond acceptors (Lipinski definition) is 5. The lowest BCUT2D eigenvalue weighted by Gasteiger charge is -2.34. The highest BCUT2D eigenvalue weighted by Crippen LogP contribution is 2.09. The Kier molecular flexibility index (Phi) is 5.43. The van der Waals surface area contributed by atoms with Crippen LogP contribution in [0.4, 0.5) is 4.79 Å². The minimum Gasteiger partial charge on any atom is -0.360 e. The van der Waals surface area contributed by atoms with E-state index in [0.717, 1.165) is 56.2 Å². The second-order valence-corrected chi connectivity index (χ2v) is 6.04. The summed E-state index contributed by atoms with van der Waals surface area (Å²) < 4.78 is 5.25. The molecule has 1 aliphatic heterocycles. The molecule has 2 amide bonds. The quantitative estimate of drug-likeness (QED) is 0.899. The largest absolute Gasteiger partial charge is 0.360 e. The number of nitrogens with one attached hydrogen (secondary N) is 1. The Morgan fingerprint density at radius 1 is 1.33 bits per heavy atom. The first-order chi connectivity index (χ1) is 11.7. The fraction of sp³-hybridized carbons (Fsp3) is 0.471. The predicted molar refractivity (Wildman–Crippen MR) is 89.4 cm³/mol. The lowest BCUT2D eigenvalue weighted by molar-refractivity contribution is 0.128. The Hall–Kier alpha value is -2.41. The van der Waals surface area contributed by atoms with Crippen LogP contribution in [0.25, 0.3) is 0 Å². The average Bonchev–Trinajstić information content (AvgIpc) is 3.01. The first-order valence-electron chi connectivity index (χ1n) is 8.27. The summed E-state index contributed by atoms with van der Waals surface area (Å²) in [5.74, 6) is 0.877. The number of urea groups is 1. The van der Waals surface area contributed by atoms with Gasteiger partial charge in [-0.3, -0.25) is 9.88 Å². The van der Waals surface area contributed by atoms with Gasteiger partial charge in [0, 0.05) is 51.2 Å². The third-order valence-electron chi connectivity index (χ3n) is 4.13. The Morgan fingerprint density at radius 2 is 2.17 bits per heavy atom. The van der Waals surface area contributed by atoms with Crippen LogP contribution in [-0.2, 0) is 13.0 Å². The molecule has 3 rings (SSSR count). The number of aryl methyl sites for hydroxylation is 1. The predicted octanol–water partition coefficient (Wildman–Crippen LogP) is 1.45. The van der Waals surface area contributed by atoms with Gasteiger partial charge < -0.3 is 14.7 Å². The Bertz CT molecular complexity index is 650. The van der Waals surface area contributed by atoms with E-state index < -0.39 is 0 Å². The van der Waals surface area contributed by atoms with Crippen LogP contribution in [0.3, 0.4) is 0 Å². The van der Waals surface area contributed by atoms with Gasteiger partial charge in [0.15, 0.2) is 5.76 Å². The zero-order valence-electron chi connectivity index (χ0n) is 13.9. The third-order valence-corrected chi connectivity index (χ3v) is 4.13. The van der Waals surface area contributed by atoms with E-state index >= 15 is 0 Å². The van der Waals surface area contributed by atoms with Crippen LogP contribution in [0.5, 0.6) is 0 Å². The monoisotopic (exact) mass is 329 g/mol. The van der Waals surface area contributed by atoms with Crippen LogP contribution in [0, 0.1) is 6.92 Å². The van der Waals surface area contributed by atoms with Crippen LogP contribution in [0.1, 0.15) is 17.0 Å². The van der Waals surface area contributed by atoms with E-state index in [0.29, 0.717) is 6.54 Å². The molecular formula is C17H23N5O2. The highest BCUT2D eigenvalue weighted by molar-refractivity contribution is 5.74. The summed E-state index contributed by atoms with van der Waals surface area (Å²) in [4.78, 5) is 20.4. The molecule has 0 unspecified atom stereocenters. The molecule has 0 bridgehead atoms. The highest BCUT2D eigenvalue weighted by Gasteiger charge is 2.21. The summed E-state index contributed by atoms with van der Waals surface area (Å²) in [5.41, 5.74) is 2.03. The van der Waals surface area contributed by atoms with E-state index in [1.54, 1.807) is 6.20 Å². The van der Waals surface area contributed by atoms with E-state index in [9.17, 15) is 4.79 Å². The van der Waals surface area contributed by atoms with Crippen LogP contribution < -0.4 is 5.32 Å². The molecule has 128 valence electrons. The zero-order chi connectivity index (χ0) is 16.8. The second-order valence-electron chi connectivity index (χ2n) is 6.04. The van der Waals surface area contributed by atoms with Crippen LogP contribution in [0.15, 0.2) is 35.1 Å². The number of rotatable bonds is 5. The maximum absolute atomic E-state index is 12.2. The molecule has 0 spiro atoms. The van der Waals surface area contributed by atoms with Gasteiger partial charge in [0.05, 0.1) is 12.2 Å². The van der Waals surface area contributed by atoms with E-state index in [4.69, 9.17) is 4.52 Å². The van der Waals surface area contributed by atoms with Crippen molar-refractivity contribution in [3.8, 4) is 0 Å². The van der Waals surface area contributed by atoms with Gasteiger partial charge in [0.25, 0.3) is 0 Å². The van der Waals surface area contributed by atoms with Gasteiger partial charge in [-0.25, -0.2) is 4.79 Å². The van der Waals surface area contributed by atoms with Gasteiger partial charge in [0.2, 0.25) is 0 Å². The fourth-order valence-corrected chi connectivity index (χ4v) is 2.79. The average molecular weight is 329 g/mol. The summed E-state index contributed by atoms with van der Waals surface area (Å²) in [6.45, 7) is 6.43. The van der Waals surface area contributed by atoms with Gasteiger partial charge in [-0.15, -0.1) is 0 Å². The van der Waals surface area contributed by atoms with Crippen LogP contribution in [0.2, 0.25) is 0 Å². The molecule has 1 N–H and O–H groups in total. The number of amides is 2. The Morgan fingerprint density at radius 3 is 2.83 bits per heavy atom. The van der Waals surface area contributed by atoms with Crippen molar-refractivity contribution in [1.29, 1.82) is 0 Å². The van der Waals surface area contributed by atoms with E-state index in [-0.39, 0.29) is 6.03 Å². The maximum Gasteiger partial charge on any atom is 0.317 e. The first kappa shape index (κ1) is 16.4. The fourth-order valence-electron chi connectivity index (χ4n) is 2.79. The molecule has 3 heterocycles. The number of piperazine rings is 1. The molecule has 0 atom stereocenters. The van der Waals surface area contributed by atoms with Crippen molar-refractivity contribution in [2.24, 2.45) is 0 Å². The minimum absolute atomic E-state index is 0.00838. The van der Waals surface area contributed by atoms with Gasteiger partial charge in [-0.05, 0) is 25.0 Å². The summed E-state index contributed by atoms with van der Waals surface area (Å²) in [6.07, 6.45) is 4.38. The number of carbonyl (C=O) groups excluding carboxylic acids is 1. The number of nitrogens with zero attached hydrogens (tertiary/aromatic N) is 4. The number of hydrogen-bond donors (Lipinski definition) is 1. The normalized spacial score (nSPS) is 15.5. The molecule has 7 heteroatoms. The number of pyridine rings is 1. The smallest absolute Gasteiger partial charge is 0.317 e. The van der Waals surface area contributed by atoms with Crippen molar-refractivity contribution in [2.75, 3.05) is 32.7 Å². The molecule has 0 saturated carbocycles. The van der Waals surface area contributed by atoms with Gasteiger partial charge >= 0.3 is 6.03 Å². The standard InChI is InChI=1S/C17H23N5O2/c1-14-11-16(24-20-14)13-21-7-9-22(10-8-21)17(23)19-6-4-15-3-2-5-18-12-15/h2-3,5,11-12H,4,6-10,13H2,1H3,(H,19,23). The summed E-state index contributed by atoms with van der Waals surface area (Å²) in [6, 6.07) is 5.89. The summed E-state index contributed by atoms with van der Waals surface area (Å²) >= 11 is 0. The molecule has 1 aliphatic rings. The molecule has 0 radical (unpaired) electrons. The molecule has 1 saturated heterocycles. The maximum atomic E-state index is 12.2. The zero-order valence-corrected chi connectivity index (χ0v) is 13.9. The molecule has 1 fully saturated rings. The second kappa shape index (κ2) is 7.92. The van der Waals surface area contributed by atoms with E-state index in [1.165, 1.54) is 0 Å². The SMILES string of the molecule is Cc1cc(CN2CCN(C(=O)NCCc3cccnc3)CC2)on1. The summed E-state index contributed by atoms with van der Waals surface area (Å²) in [5, 5.41) is 6.88. The topological polar surface area (TPSA) is 74.5 Å². The van der Waals surface area contributed by atoms with Gasteiger partial charge in [-0.1, -0.05) is 11.2 Å². The number of carbonyl (C=O) groups is 1. The van der Waals surface area contributed by atoms with Crippen molar-refractivity contribution in [1.82, 2.24) is 25.3 Å². The third kappa shape index (κ3) is 4.55. The molecule has 2 aromatic rings. The van der Waals surface area contributed by atoms with E-state index in [2.05, 4.69) is 20.4 Å². The van der Waals surface area contributed by atoms with E-state index in [1.807, 2.05) is 36.2 Å². The molecule has 24 heavy (non-hydrogen) atoms. The summed E-state index contributed by atoms with van der Waals surface area (Å²) in [7, 11) is 0. The Balaban J connectivity index is 1.37. The lowest BCUT2D eigenvalue weighted by atomic mass is 10.2. The molecule has 0 aliphatic carbocycles. The van der Waals surface area contributed by atoms with Gasteiger partial charge in [-0.2, -0.15) is 0 Å². The van der Waals surface area contributed by atoms with Crippen molar-refractivity contribution in [2.45, 2.75) is 19.9 Å². The van der Waals surface area contributed by atoms with Crippen molar-refractivity contribution < 1.29 is 9.32 Å². The Labute approximate surface area is 141 Å². The molecule has 0 aromatic carbocycles. The van der Waals surface area contributed by atoms with Gasteiger partial charge in [0.1, 0.15) is 0 Å². The number of aromatic nitrogens is 2. The first-order valence-corrected chi connectivity index (χ1v) is 8.27. The minimum atomic E-state index is 0.00838. The van der Waals surface area contributed by atoms with Crippen molar-refractivity contribution >= 4 is 6.03 Å². The van der Waals surface area contributed by atoms with Crippen LogP contribution in [-0.4, -0.2) is 58.7 Å². The molecular weight excluding hydrogens is 306 g/mol. The lowest BCUT2D eigenvalue weighted by Crippen LogP contribution is -2.51. The van der Waals surface area contributed by atoms with Crippen LogP contribution >= 0.6 is 0 Å². The molecule has 7 nitrogen and oxygen atoms in total. The van der Waals surface area contributed by atoms with Crippen molar-refractivity contribution in [3.63, 3.8) is 0 Å². The van der Waals surface area contributed by atoms with Crippen molar-refractivity contribution in [3.05, 3.63) is 47.6 Å². The highest BCUT2D eigenvalue weighted by atomic mass is 16.5. The molecule has 2 aromatic heterocycles.